The summed E-state index contributed by atoms with van der Waals surface area (Å²) in [6.07, 6.45) is 0. The lowest BCUT2D eigenvalue weighted by atomic mass is 10.1. The SMILES string of the molecule is CC(Nc1cccc(Cl)c1Cl)c1cccc(OC(F)F)c1. The third-order valence-corrected chi connectivity index (χ3v) is 3.73. The molecule has 0 radical (unpaired) electrons. The van der Waals surface area contributed by atoms with Gasteiger partial charge in [-0.05, 0) is 36.8 Å². The molecule has 2 aromatic rings. The summed E-state index contributed by atoms with van der Waals surface area (Å²) < 4.78 is 28.8. The van der Waals surface area contributed by atoms with Crippen molar-refractivity contribution >= 4 is 28.9 Å². The first kappa shape index (κ1) is 15.9. The normalized spacial score (nSPS) is 12.3. The van der Waals surface area contributed by atoms with E-state index < -0.39 is 6.61 Å². The highest BCUT2D eigenvalue weighted by atomic mass is 35.5. The second-order valence-electron chi connectivity index (χ2n) is 4.42. The summed E-state index contributed by atoms with van der Waals surface area (Å²) in [5.41, 5.74) is 1.47. The minimum Gasteiger partial charge on any atom is -0.435 e. The maximum Gasteiger partial charge on any atom is 0.387 e. The van der Waals surface area contributed by atoms with Crippen molar-refractivity contribution in [3.05, 3.63) is 58.1 Å². The van der Waals surface area contributed by atoms with Gasteiger partial charge in [0.1, 0.15) is 5.75 Å². The van der Waals surface area contributed by atoms with Gasteiger partial charge in [0.2, 0.25) is 0 Å². The molecule has 0 heterocycles. The molecule has 0 aliphatic rings. The molecule has 112 valence electrons. The fraction of sp³-hybridized carbons (Fsp3) is 0.200. The highest BCUT2D eigenvalue weighted by Crippen LogP contribution is 2.32. The lowest BCUT2D eigenvalue weighted by Crippen LogP contribution is -2.08. The second kappa shape index (κ2) is 6.96. The predicted molar refractivity (Wildman–Crippen MR) is 81.6 cm³/mol. The van der Waals surface area contributed by atoms with Crippen LogP contribution in [0.5, 0.6) is 5.75 Å². The molecule has 1 unspecified atom stereocenters. The lowest BCUT2D eigenvalue weighted by Gasteiger charge is -2.18. The molecule has 2 rings (SSSR count). The summed E-state index contributed by atoms with van der Waals surface area (Å²) in [6.45, 7) is -0.954. The topological polar surface area (TPSA) is 21.3 Å². The Morgan fingerprint density at radius 2 is 1.81 bits per heavy atom. The number of rotatable bonds is 5. The number of halogens is 4. The van der Waals surface area contributed by atoms with Crippen LogP contribution >= 0.6 is 23.2 Å². The molecule has 0 amide bonds. The van der Waals surface area contributed by atoms with Crippen molar-refractivity contribution in [2.45, 2.75) is 19.6 Å². The molecule has 2 nitrogen and oxygen atoms in total. The van der Waals surface area contributed by atoms with Crippen LogP contribution in [0.15, 0.2) is 42.5 Å². The Hall–Kier alpha value is -1.52. The van der Waals surface area contributed by atoms with Gasteiger partial charge in [-0.15, -0.1) is 0 Å². The Morgan fingerprint density at radius 1 is 1.10 bits per heavy atom. The monoisotopic (exact) mass is 331 g/mol. The average Bonchev–Trinajstić information content (AvgIpc) is 2.43. The van der Waals surface area contributed by atoms with Crippen LogP contribution in [0.4, 0.5) is 14.5 Å². The van der Waals surface area contributed by atoms with Crippen molar-refractivity contribution < 1.29 is 13.5 Å². The summed E-state index contributed by atoms with van der Waals surface area (Å²) in [5, 5.41) is 4.06. The first-order chi connectivity index (χ1) is 9.97. The van der Waals surface area contributed by atoms with E-state index in [0.29, 0.717) is 15.7 Å². The van der Waals surface area contributed by atoms with Crippen LogP contribution in [-0.4, -0.2) is 6.61 Å². The van der Waals surface area contributed by atoms with Gasteiger partial charge in [0.05, 0.1) is 15.7 Å². The standard InChI is InChI=1S/C15H13Cl2F2NO/c1-9(20-13-7-3-6-12(16)14(13)17)10-4-2-5-11(8-10)21-15(18)19/h2-9,15,20H,1H3. The molecule has 0 spiro atoms. The van der Waals surface area contributed by atoms with Crippen molar-refractivity contribution in [1.29, 1.82) is 0 Å². The van der Waals surface area contributed by atoms with E-state index in [2.05, 4.69) is 10.1 Å². The summed E-state index contributed by atoms with van der Waals surface area (Å²) in [7, 11) is 0. The van der Waals surface area contributed by atoms with Gasteiger partial charge < -0.3 is 10.1 Å². The van der Waals surface area contributed by atoms with Crippen molar-refractivity contribution in [2.24, 2.45) is 0 Å². The van der Waals surface area contributed by atoms with E-state index in [1.165, 1.54) is 6.07 Å². The Bertz CT molecular complexity index is 622. The van der Waals surface area contributed by atoms with Crippen molar-refractivity contribution in [1.82, 2.24) is 0 Å². The largest absolute Gasteiger partial charge is 0.435 e. The van der Waals surface area contributed by atoms with Crippen LogP contribution in [-0.2, 0) is 0 Å². The van der Waals surface area contributed by atoms with E-state index >= 15 is 0 Å². The van der Waals surface area contributed by atoms with Crippen LogP contribution in [0, 0.1) is 0 Å². The fourth-order valence-electron chi connectivity index (χ4n) is 1.89. The average molecular weight is 332 g/mol. The number of ether oxygens (including phenoxy) is 1. The summed E-state index contributed by atoms with van der Waals surface area (Å²) in [6, 6.07) is 11.6. The molecule has 1 atom stereocenters. The molecule has 1 N–H and O–H groups in total. The number of nitrogens with one attached hydrogen (secondary N) is 1. The van der Waals surface area contributed by atoms with E-state index in [4.69, 9.17) is 23.2 Å². The molecular formula is C15H13Cl2F2NO. The third-order valence-electron chi connectivity index (χ3n) is 2.91. The van der Waals surface area contributed by atoms with Gasteiger partial charge in [0.15, 0.2) is 0 Å². The molecule has 2 aromatic carbocycles. The van der Waals surface area contributed by atoms with Crippen LogP contribution in [0.2, 0.25) is 10.0 Å². The summed E-state index contributed by atoms with van der Waals surface area (Å²) in [5.74, 6) is 0.119. The molecular weight excluding hydrogens is 319 g/mol. The highest BCUT2D eigenvalue weighted by Gasteiger charge is 2.11. The van der Waals surface area contributed by atoms with E-state index in [1.54, 1.807) is 30.3 Å². The second-order valence-corrected chi connectivity index (χ2v) is 5.20. The maximum atomic E-state index is 12.2. The zero-order chi connectivity index (χ0) is 15.4. The van der Waals surface area contributed by atoms with Crippen LogP contribution in [0.3, 0.4) is 0 Å². The Balaban J connectivity index is 2.16. The molecule has 0 fully saturated rings. The smallest absolute Gasteiger partial charge is 0.387 e. The van der Waals surface area contributed by atoms with Crippen molar-refractivity contribution in [3.63, 3.8) is 0 Å². The highest BCUT2D eigenvalue weighted by molar-refractivity contribution is 6.43. The maximum absolute atomic E-state index is 12.2. The molecule has 0 aliphatic heterocycles. The molecule has 0 saturated carbocycles. The quantitative estimate of drug-likeness (QED) is 0.751. The molecule has 0 saturated heterocycles. The molecule has 0 aromatic heterocycles. The van der Waals surface area contributed by atoms with Gasteiger partial charge in [0, 0.05) is 6.04 Å². The minimum absolute atomic E-state index is 0.119. The Kier molecular flexibility index (Phi) is 5.26. The first-order valence-electron chi connectivity index (χ1n) is 6.22. The van der Waals surface area contributed by atoms with Crippen molar-refractivity contribution in [3.8, 4) is 5.75 Å². The first-order valence-corrected chi connectivity index (χ1v) is 6.98. The summed E-state index contributed by atoms with van der Waals surface area (Å²) in [4.78, 5) is 0. The third kappa shape index (κ3) is 4.22. The number of anilines is 1. The lowest BCUT2D eigenvalue weighted by molar-refractivity contribution is -0.0498. The number of alkyl halides is 2. The van der Waals surface area contributed by atoms with Crippen molar-refractivity contribution in [2.75, 3.05) is 5.32 Å². The van der Waals surface area contributed by atoms with Crippen LogP contribution < -0.4 is 10.1 Å². The molecule has 6 heteroatoms. The van der Waals surface area contributed by atoms with Crippen LogP contribution in [0.1, 0.15) is 18.5 Å². The minimum atomic E-state index is -2.84. The van der Waals surface area contributed by atoms with Crippen LogP contribution in [0.25, 0.3) is 0 Å². The summed E-state index contributed by atoms with van der Waals surface area (Å²) >= 11 is 12.1. The van der Waals surface area contributed by atoms with E-state index in [-0.39, 0.29) is 11.8 Å². The molecule has 21 heavy (non-hydrogen) atoms. The zero-order valence-electron chi connectivity index (χ0n) is 11.1. The predicted octanol–water partition coefficient (Wildman–Crippen LogP) is 5.77. The Morgan fingerprint density at radius 3 is 2.52 bits per heavy atom. The van der Waals surface area contributed by atoms with E-state index in [9.17, 15) is 8.78 Å². The van der Waals surface area contributed by atoms with Gasteiger partial charge in [-0.2, -0.15) is 8.78 Å². The van der Waals surface area contributed by atoms with Gasteiger partial charge in [0.25, 0.3) is 0 Å². The zero-order valence-corrected chi connectivity index (χ0v) is 12.6. The Labute approximate surface area is 131 Å². The van der Waals surface area contributed by atoms with E-state index in [1.807, 2.05) is 13.0 Å². The molecule has 0 aliphatic carbocycles. The number of hydrogen-bond donors (Lipinski definition) is 1. The van der Waals surface area contributed by atoms with E-state index in [0.717, 1.165) is 5.56 Å². The number of hydrogen-bond acceptors (Lipinski definition) is 2. The van der Waals surface area contributed by atoms with Gasteiger partial charge in [-0.3, -0.25) is 0 Å². The molecule has 0 bridgehead atoms. The number of benzene rings is 2. The van der Waals surface area contributed by atoms with Gasteiger partial charge in [-0.25, -0.2) is 0 Å². The fourth-order valence-corrected chi connectivity index (χ4v) is 2.25. The van der Waals surface area contributed by atoms with Gasteiger partial charge in [-0.1, -0.05) is 41.4 Å². The van der Waals surface area contributed by atoms with Gasteiger partial charge >= 0.3 is 6.61 Å².